The monoisotopic (exact) mass is 576 g/mol. The highest BCUT2D eigenvalue weighted by molar-refractivity contribution is 6.39. The number of fused-ring (bicyclic) bond motifs is 1. The highest BCUT2D eigenvalue weighted by Crippen LogP contribution is 2.39. The van der Waals surface area contributed by atoms with Crippen molar-refractivity contribution in [2.75, 3.05) is 6.54 Å². The number of carbonyl (C=O) groups excluding carboxylic acids is 1. The van der Waals surface area contributed by atoms with Gasteiger partial charge in [0.1, 0.15) is 35.7 Å². The molecule has 0 aliphatic heterocycles. The van der Waals surface area contributed by atoms with E-state index in [0.717, 1.165) is 5.56 Å². The number of carbonyl (C=O) groups is 1. The van der Waals surface area contributed by atoms with Crippen LogP contribution in [-0.2, 0) is 6.61 Å². The van der Waals surface area contributed by atoms with Crippen LogP contribution in [0.4, 0.5) is 0 Å². The van der Waals surface area contributed by atoms with Crippen LogP contribution < -0.4 is 15.5 Å². The van der Waals surface area contributed by atoms with Gasteiger partial charge in [-0.3, -0.25) is 9.59 Å². The van der Waals surface area contributed by atoms with E-state index >= 15 is 0 Å². The first kappa shape index (κ1) is 27.5. The summed E-state index contributed by atoms with van der Waals surface area (Å²) in [6.45, 7) is 6.53. The molecule has 0 radical (unpaired) electrons. The molecule has 0 unspecified atom stereocenters. The number of ether oxygens (including phenoxy) is 1. The van der Waals surface area contributed by atoms with Gasteiger partial charge in [0.25, 0.3) is 5.91 Å². The van der Waals surface area contributed by atoms with E-state index in [1.807, 2.05) is 20.8 Å². The summed E-state index contributed by atoms with van der Waals surface area (Å²) >= 11 is 12.9. The predicted octanol–water partition coefficient (Wildman–Crippen LogP) is 7.87. The van der Waals surface area contributed by atoms with Crippen molar-refractivity contribution in [1.82, 2.24) is 10.5 Å². The maximum atomic E-state index is 13.3. The van der Waals surface area contributed by atoms with Crippen LogP contribution >= 0.6 is 23.2 Å². The smallest absolute Gasteiger partial charge is 0.251 e. The third-order valence-corrected chi connectivity index (χ3v) is 7.10. The maximum Gasteiger partial charge on any atom is 0.251 e. The van der Waals surface area contributed by atoms with Crippen LogP contribution in [0.3, 0.4) is 0 Å². The molecule has 0 fully saturated rings. The first-order chi connectivity index (χ1) is 19.3. The van der Waals surface area contributed by atoms with Crippen LogP contribution in [0, 0.1) is 0 Å². The van der Waals surface area contributed by atoms with Crippen LogP contribution in [-0.4, -0.2) is 17.6 Å². The number of amides is 1. The van der Waals surface area contributed by atoms with E-state index in [1.54, 1.807) is 60.7 Å². The Morgan fingerprint density at radius 3 is 2.45 bits per heavy atom. The average Bonchev–Trinajstić information content (AvgIpc) is 3.36. The number of nitrogens with one attached hydrogen (secondary N) is 1. The Balaban J connectivity index is 1.42. The molecular formula is C31H26Cl2N2O5. The second-order valence-electron chi connectivity index (χ2n) is 9.49. The lowest BCUT2D eigenvalue weighted by Gasteiger charge is -2.11. The summed E-state index contributed by atoms with van der Waals surface area (Å²) in [7, 11) is 0. The quantitative estimate of drug-likeness (QED) is 0.202. The van der Waals surface area contributed by atoms with Crippen LogP contribution in [0.2, 0.25) is 10.0 Å². The molecule has 0 atom stereocenters. The summed E-state index contributed by atoms with van der Waals surface area (Å²) in [6, 6.07) is 17.1. The third kappa shape index (κ3) is 5.35. The van der Waals surface area contributed by atoms with Gasteiger partial charge >= 0.3 is 0 Å². The zero-order valence-electron chi connectivity index (χ0n) is 22.1. The molecule has 0 aliphatic carbocycles. The first-order valence-electron chi connectivity index (χ1n) is 12.8. The van der Waals surface area contributed by atoms with Crippen molar-refractivity contribution >= 4 is 40.1 Å². The van der Waals surface area contributed by atoms with Crippen LogP contribution in [0.15, 0.2) is 80.7 Å². The molecule has 0 saturated heterocycles. The average molecular weight is 577 g/mol. The van der Waals surface area contributed by atoms with Gasteiger partial charge in [0.15, 0.2) is 5.43 Å². The molecule has 1 amide bonds. The van der Waals surface area contributed by atoms with Gasteiger partial charge in [-0.15, -0.1) is 0 Å². The van der Waals surface area contributed by atoms with Gasteiger partial charge in [0, 0.05) is 29.7 Å². The minimum Gasteiger partial charge on any atom is -0.489 e. The van der Waals surface area contributed by atoms with Gasteiger partial charge in [-0.1, -0.05) is 60.4 Å². The van der Waals surface area contributed by atoms with Crippen molar-refractivity contribution in [1.29, 1.82) is 0 Å². The fourth-order valence-corrected chi connectivity index (χ4v) is 5.03. The summed E-state index contributed by atoms with van der Waals surface area (Å²) < 4.78 is 17.6. The number of benzene rings is 3. The highest BCUT2D eigenvalue weighted by atomic mass is 35.5. The zero-order valence-corrected chi connectivity index (χ0v) is 23.6. The molecule has 2 aromatic heterocycles. The molecule has 5 rings (SSSR count). The van der Waals surface area contributed by atoms with E-state index in [1.165, 1.54) is 6.26 Å². The Hall–Kier alpha value is -4.07. The van der Waals surface area contributed by atoms with Crippen molar-refractivity contribution in [3.8, 4) is 28.1 Å². The van der Waals surface area contributed by atoms with Crippen molar-refractivity contribution < 1.29 is 18.5 Å². The fraction of sp³-hybridized carbons (Fsp3) is 0.194. The van der Waals surface area contributed by atoms with E-state index in [0.29, 0.717) is 67.0 Å². The molecule has 7 nitrogen and oxygen atoms in total. The molecule has 9 heteroatoms. The largest absolute Gasteiger partial charge is 0.489 e. The van der Waals surface area contributed by atoms with Crippen LogP contribution in [0.1, 0.15) is 48.4 Å². The Kier molecular flexibility index (Phi) is 7.96. The Labute approximate surface area is 240 Å². The zero-order chi connectivity index (χ0) is 28.4. The van der Waals surface area contributed by atoms with Crippen molar-refractivity contribution in [2.45, 2.75) is 33.3 Å². The van der Waals surface area contributed by atoms with E-state index in [2.05, 4.69) is 10.5 Å². The van der Waals surface area contributed by atoms with E-state index in [9.17, 15) is 9.59 Å². The Morgan fingerprint density at radius 1 is 1.05 bits per heavy atom. The number of rotatable bonds is 8. The molecule has 5 aromatic rings. The van der Waals surface area contributed by atoms with Gasteiger partial charge in [-0.2, -0.15) is 0 Å². The van der Waals surface area contributed by atoms with Crippen LogP contribution in [0.25, 0.3) is 33.4 Å². The van der Waals surface area contributed by atoms with E-state index in [-0.39, 0.29) is 23.9 Å². The normalized spacial score (nSPS) is 11.2. The number of nitrogens with zero attached hydrogens (tertiary/aromatic N) is 1. The molecule has 204 valence electrons. The van der Waals surface area contributed by atoms with Crippen molar-refractivity contribution in [3.63, 3.8) is 0 Å². The summed E-state index contributed by atoms with van der Waals surface area (Å²) in [5.41, 5.74) is 3.61. The molecule has 1 N–H and O–H groups in total. The minimum absolute atomic E-state index is 0.0456. The lowest BCUT2D eigenvalue weighted by atomic mass is 10.0. The fourth-order valence-electron chi connectivity index (χ4n) is 4.45. The van der Waals surface area contributed by atoms with Crippen LogP contribution in [0.5, 0.6) is 5.75 Å². The summed E-state index contributed by atoms with van der Waals surface area (Å²) in [6.07, 6.45) is 1.42. The maximum absolute atomic E-state index is 13.3. The Bertz CT molecular complexity index is 1740. The van der Waals surface area contributed by atoms with Gasteiger partial charge in [0.05, 0.1) is 26.6 Å². The summed E-state index contributed by atoms with van der Waals surface area (Å²) in [5, 5.41) is 8.34. The molecule has 0 aliphatic rings. The van der Waals surface area contributed by atoms with E-state index < -0.39 is 0 Å². The predicted molar refractivity (Wildman–Crippen MR) is 156 cm³/mol. The number of hydrogen-bond donors (Lipinski definition) is 1. The lowest BCUT2D eigenvalue weighted by molar-refractivity contribution is 0.0956. The SMILES string of the molecule is CCNC(=O)c1ccc(-c2coc3cc(OCc4c(-c5c(Cl)cccc5Cl)noc4C(C)C)ccc3c2=O)cc1. The molecule has 0 spiro atoms. The standard InChI is InChI=1S/C31H26Cl2N2O5/c1-4-34-31(37)19-10-8-18(9-11-19)22-15-39-26-14-20(12-13-21(26)29(22)36)38-16-23-28(35-40-30(23)17(2)3)27-24(32)6-5-7-25(27)33/h5-15,17H,4,16H2,1-3H3,(H,34,37). The third-order valence-electron chi connectivity index (χ3n) is 6.47. The van der Waals surface area contributed by atoms with Gasteiger partial charge < -0.3 is 19.0 Å². The molecule has 2 heterocycles. The van der Waals surface area contributed by atoms with Gasteiger partial charge in [0.2, 0.25) is 0 Å². The van der Waals surface area contributed by atoms with Gasteiger partial charge in [-0.25, -0.2) is 0 Å². The Morgan fingerprint density at radius 2 is 1.77 bits per heavy atom. The highest BCUT2D eigenvalue weighted by Gasteiger charge is 2.24. The second kappa shape index (κ2) is 11.6. The number of halogens is 2. The summed E-state index contributed by atoms with van der Waals surface area (Å²) in [5.74, 6) is 1.05. The lowest BCUT2D eigenvalue weighted by Crippen LogP contribution is -2.22. The summed E-state index contributed by atoms with van der Waals surface area (Å²) in [4.78, 5) is 25.3. The topological polar surface area (TPSA) is 94.6 Å². The van der Waals surface area contributed by atoms with Crippen molar-refractivity contribution in [2.24, 2.45) is 0 Å². The molecular weight excluding hydrogens is 551 g/mol. The minimum atomic E-state index is -0.185. The second-order valence-corrected chi connectivity index (χ2v) is 10.3. The molecule has 3 aromatic carbocycles. The first-order valence-corrected chi connectivity index (χ1v) is 13.5. The van der Waals surface area contributed by atoms with Gasteiger partial charge in [-0.05, 0) is 48.9 Å². The molecule has 0 saturated carbocycles. The van der Waals surface area contributed by atoms with E-state index in [4.69, 9.17) is 36.9 Å². The molecule has 0 bridgehead atoms. The number of aromatic nitrogens is 1. The number of hydrogen-bond acceptors (Lipinski definition) is 6. The molecule has 40 heavy (non-hydrogen) atoms. The van der Waals surface area contributed by atoms with Crippen molar-refractivity contribution in [3.05, 3.63) is 104 Å².